The first-order valence-electron chi connectivity index (χ1n) is 8.18. The van der Waals surface area contributed by atoms with Crippen LogP contribution in [0.4, 0.5) is 36.3 Å². The topological polar surface area (TPSA) is 84.9 Å². The van der Waals surface area contributed by atoms with Gasteiger partial charge in [0, 0.05) is 17.8 Å². The van der Waals surface area contributed by atoms with Crippen LogP contribution in [0.1, 0.15) is 17.1 Å². The summed E-state index contributed by atoms with van der Waals surface area (Å²) in [6.07, 6.45) is -3.13. The molecule has 0 aliphatic carbocycles. The lowest BCUT2D eigenvalue weighted by atomic mass is 10.2. The molecular formula is C18H17F3N6O. The summed E-state index contributed by atoms with van der Waals surface area (Å²) >= 11 is 0. The van der Waals surface area contributed by atoms with Crippen LogP contribution in [0.5, 0.6) is 5.75 Å². The highest BCUT2D eigenvalue weighted by Gasteiger charge is 2.31. The number of anilines is 4. The number of aromatic nitrogens is 4. The molecule has 3 aromatic rings. The van der Waals surface area contributed by atoms with Gasteiger partial charge >= 0.3 is 6.18 Å². The van der Waals surface area contributed by atoms with E-state index in [1.807, 2.05) is 6.92 Å². The average molecular weight is 390 g/mol. The van der Waals surface area contributed by atoms with E-state index in [2.05, 4.69) is 30.6 Å². The van der Waals surface area contributed by atoms with Gasteiger partial charge in [0.2, 0.25) is 0 Å². The first-order valence-corrected chi connectivity index (χ1v) is 8.18. The molecular weight excluding hydrogens is 373 g/mol. The van der Waals surface area contributed by atoms with Crippen LogP contribution in [-0.2, 0) is 6.18 Å². The molecule has 0 unspecified atom stereocenters. The minimum Gasteiger partial charge on any atom is -0.495 e. The summed E-state index contributed by atoms with van der Waals surface area (Å²) in [6, 6.07) is 6.55. The zero-order chi connectivity index (χ0) is 20.3. The van der Waals surface area contributed by atoms with Gasteiger partial charge in [-0.1, -0.05) is 0 Å². The van der Waals surface area contributed by atoms with E-state index in [9.17, 15) is 13.2 Å². The van der Waals surface area contributed by atoms with Crippen molar-refractivity contribution in [2.45, 2.75) is 20.0 Å². The van der Waals surface area contributed by atoms with Gasteiger partial charge in [-0.05, 0) is 32.0 Å². The second-order valence-corrected chi connectivity index (χ2v) is 5.89. The summed E-state index contributed by atoms with van der Waals surface area (Å²) in [7, 11) is 1.30. The predicted octanol–water partition coefficient (Wildman–Crippen LogP) is 4.40. The van der Waals surface area contributed by atoms with Crippen LogP contribution < -0.4 is 15.4 Å². The Kier molecular flexibility index (Phi) is 5.30. The monoisotopic (exact) mass is 390 g/mol. The second-order valence-electron chi connectivity index (χ2n) is 5.89. The van der Waals surface area contributed by atoms with E-state index in [1.54, 1.807) is 19.1 Å². The number of hydrogen-bond acceptors (Lipinski definition) is 7. The van der Waals surface area contributed by atoms with Crippen molar-refractivity contribution in [2.75, 3.05) is 17.7 Å². The zero-order valence-corrected chi connectivity index (χ0v) is 15.3. The standard InChI is InChI=1S/C18H17F3N6O/c1-10-6-17(25-11(2)24-10)27-16-8-15(22-9-23-16)26-13-5-4-12(18(19,20)21)7-14(13)28-3/h4-9H,1-3H3,(H2,22,23,24,25,26,27). The highest BCUT2D eigenvalue weighted by Crippen LogP contribution is 2.36. The van der Waals surface area contributed by atoms with Gasteiger partial charge in [0.05, 0.1) is 18.4 Å². The van der Waals surface area contributed by atoms with Crippen molar-refractivity contribution in [1.82, 2.24) is 19.9 Å². The van der Waals surface area contributed by atoms with Crippen LogP contribution in [0.25, 0.3) is 0 Å². The Hall–Kier alpha value is -3.43. The van der Waals surface area contributed by atoms with Gasteiger partial charge in [-0.15, -0.1) is 0 Å². The van der Waals surface area contributed by atoms with Gasteiger partial charge in [-0.25, -0.2) is 19.9 Å². The lowest BCUT2D eigenvalue weighted by Crippen LogP contribution is -2.06. The summed E-state index contributed by atoms with van der Waals surface area (Å²) in [5, 5.41) is 5.98. The molecule has 10 heteroatoms. The maximum Gasteiger partial charge on any atom is 0.416 e. The van der Waals surface area contributed by atoms with E-state index in [-0.39, 0.29) is 5.75 Å². The summed E-state index contributed by atoms with van der Waals surface area (Å²) in [6.45, 7) is 3.63. The van der Waals surface area contributed by atoms with Gasteiger partial charge in [0.25, 0.3) is 0 Å². The van der Waals surface area contributed by atoms with Gasteiger partial charge in [0.15, 0.2) is 0 Å². The minimum atomic E-state index is -4.45. The fourth-order valence-corrected chi connectivity index (χ4v) is 2.52. The number of ether oxygens (including phenoxy) is 1. The fraction of sp³-hybridized carbons (Fsp3) is 0.222. The van der Waals surface area contributed by atoms with Crippen LogP contribution in [0, 0.1) is 13.8 Å². The Bertz CT molecular complexity index is 973. The van der Waals surface area contributed by atoms with Crippen molar-refractivity contribution in [3.8, 4) is 5.75 Å². The number of methoxy groups -OCH3 is 1. The highest BCUT2D eigenvalue weighted by molar-refractivity contribution is 5.67. The van der Waals surface area contributed by atoms with Crippen LogP contribution >= 0.6 is 0 Å². The molecule has 3 rings (SSSR count). The molecule has 0 radical (unpaired) electrons. The molecule has 0 aliphatic heterocycles. The van der Waals surface area contributed by atoms with Crippen molar-refractivity contribution in [2.24, 2.45) is 0 Å². The molecule has 0 atom stereocenters. The molecule has 28 heavy (non-hydrogen) atoms. The number of nitrogens with one attached hydrogen (secondary N) is 2. The van der Waals surface area contributed by atoms with E-state index in [0.717, 1.165) is 17.8 Å². The van der Waals surface area contributed by atoms with Crippen molar-refractivity contribution in [1.29, 1.82) is 0 Å². The Morgan fingerprint density at radius 2 is 1.61 bits per heavy atom. The molecule has 0 saturated heterocycles. The molecule has 1 aromatic carbocycles. The zero-order valence-electron chi connectivity index (χ0n) is 15.3. The molecule has 2 heterocycles. The Balaban J connectivity index is 1.83. The average Bonchev–Trinajstić information content (AvgIpc) is 2.60. The predicted molar refractivity (Wildman–Crippen MR) is 98.1 cm³/mol. The number of benzene rings is 1. The third kappa shape index (κ3) is 4.64. The molecule has 2 N–H and O–H groups in total. The number of rotatable bonds is 5. The Labute approximate surface area is 159 Å². The summed E-state index contributed by atoms with van der Waals surface area (Å²) < 4.78 is 43.7. The normalized spacial score (nSPS) is 11.2. The molecule has 0 amide bonds. The number of aryl methyl sites for hydroxylation is 2. The molecule has 7 nitrogen and oxygen atoms in total. The molecule has 0 bridgehead atoms. The van der Waals surface area contributed by atoms with Gasteiger partial charge in [-0.3, -0.25) is 0 Å². The first kappa shape index (κ1) is 19.3. The van der Waals surface area contributed by atoms with Gasteiger partial charge in [-0.2, -0.15) is 13.2 Å². The Morgan fingerprint density at radius 1 is 0.893 bits per heavy atom. The van der Waals surface area contributed by atoms with Crippen LogP contribution in [0.15, 0.2) is 36.7 Å². The fourth-order valence-electron chi connectivity index (χ4n) is 2.52. The van der Waals surface area contributed by atoms with E-state index >= 15 is 0 Å². The lowest BCUT2D eigenvalue weighted by Gasteiger charge is -2.14. The SMILES string of the molecule is COc1cc(C(F)(F)F)ccc1Nc1cc(Nc2cc(C)nc(C)n2)ncn1. The second kappa shape index (κ2) is 7.67. The van der Waals surface area contributed by atoms with Gasteiger partial charge < -0.3 is 15.4 Å². The molecule has 0 fully saturated rings. The number of hydrogen-bond donors (Lipinski definition) is 2. The maximum absolute atomic E-state index is 12.9. The number of halogens is 3. The van der Waals surface area contributed by atoms with E-state index in [4.69, 9.17) is 4.74 Å². The summed E-state index contributed by atoms with van der Waals surface area (Å²) in [5.74, 6) is 2.06. The Morgan fingerprint density at radius 3 is 2.25 bits per heavy atom. The van der Waals surface area contributed by atoms with Crippen LogP contribution in [0.3, 0.4) is 0 Å². The van der Waals surface area contributed by atoms with Crippen LogP contribution in [0.2, 0.25) is 0 Å². The number of alkyl halides is 3. The third-order valence-corrected chi connectivity index (χ3v) is 3.68. The molecule has 0 spiro atoms. The van der Waals surface area contributed by atoms with E-state index in [0.29, 0.717) is 29.0 Å². The summed E-state index contributed by atoms with van der Waals surface area (Å²) in [5.41, 5.74) is 0.347. The van der Waals surface area contributed by atoms with Gasteiger partial charge in [0.1, 0.15) is 35.4 Å². The van der Waals surface area contributed by atoms with Crippen molar-refractivity contribution < 1.29 is 17.9 Å². The lowest BCUT2D eigenvalue weighted by molar-refractivity contribution is -0.137. The van der Waals surface area contributed by atoms with Crippen LogP contribution in [-0.4, -0.2) is 27.0 Å². The molecule has 0 aliphatic rings. The van der Waals surface area contributed by atoms with E-state index < -0.39 is 11.7 Å². The molecule has 0 saturated carbocycles. The smallest absolute Gasteiger partial charge is 0.416 e. The molecule has 2 aromatic heterocycles. The van der Waals surface area contributed by atoms with E-state index in [1.165, 1.54) is 19.5 Å². The number of nitrogens with zero attached hydrogens (tertiary/aromatic N) is 4. The summed E-state index contributed by atoms with van der Waals surface area (Å²) in [4.78, 5) is 16.7. The van der Waals surface area contributed by atoms with Crippen molar-refractivity contribution >= 4 is 23.1 Å². The molecule has 146 valence electrons. The third-order valence-electron chi connectivity index (χ3n) is 3.68. The minimum absolute atomic E-state index is 0.0463. The quantitative estimate of drug-likeness (QED) is 0.668. The van der Waals surface area contributed by atoms with Crippen molar-refractivity contribution in [3.05, 3.63) is 53.7 Å². The largest absolute Gasteiger partial charge is 0.495 e. The van der Waals surface area contributed by atoms with Crippen molar-refractivity contribution in [3.63, 3.8) is 0 Å². The highest BCUT2D eigenvalue weighted by atomic mass is 19.4. The first-order chi connectivity index (χ1) is 13.2. The maximum atomic E-state index is 12.9.